The Hall–Kier alpha value is -1.75. The number of ketones is 1. The molecule has 0 unspecified atom stereocenters. The molecule has 0 fully saturated rings. The second-order valence-electron chi connectivity index (χ2n) is 7.48. The van der Waals surface area contributed by atoms with Crippen LogP contribution in [0.4, 0.5) is 0 Å². The number of hydrogen-bond acceptors (Lipinski definition) is 5. The molecule has 1 aromatic rings. The van der Waals surface area contributed by atoms with E-state index in [1.54, 1.807) is 11.3 Å². The van der Waals surface area contributed by atoms with E-state index in [4.69, 9.17) is 4.74 Å². The topological polar surface area (TPSA) is 55.7 Å². The van der Waals surface area contributed by atoms with Gasteiger partial charge < -0.3 is 4.74 Å². The summed E-state index contributed by atoms with van der Waals surface area (Å²) in [6, 6.07) is 4.06. The number of carbonyl (C=O) groups excluding carboxylic acids is 2. The molecule has 0 amide bonds. The van der Waals surface area contributed by atoms with Crippen LogP contribution in [0.3, 0.4) is 0 Å². The van der Waals surface area contributed by atoms with E-state index in [-0.39, 0.29) is 23.1 Å². The van der Waals surface area contributed by atoms with Crippen molar-refractivity contribution < 1.29 is 14.3 Å². The molecule has 0 N–H and O–H groups in total. The molecule has 1 aromatic heterocycles. The van der Waals surface area contributed by atoms with Crippen LogP contribution in [0.5, 0.6) is 0 Å². The van der Waals surface area contributed by atoms with E-state index in [9.17, 15) is 9.59 Å². The van der Waals surface area contributed by atoms with Gasteiger partial charge in [0.15, 0.2) is 5.78 Å². The molecule has 3 rings (SSSR count). The van der Waals surface area contributed by atoms with Gasteiger partial charge in [-0.1, -0.05) is 13.8 Å². The van der Waals surface area contributed by atoms with Crippen LogP contribution in [0.2, 0.25) is 0 Å². The Kier molecular flexibility index (Phi) is 4.24. The number of ether oxygens (including phenoxy) is 1. The fraction of sp³-hybridized carbons (Fsp3) is 0.526. The molecule has 0 aromatic carbocycles. The first-order valence-electron chi connectivity index (χ1n) is 8.19. The molecule has 5 heteroatoms. The molecule has 1 aliphatic carbocycles. The molecule has 2 atom stereocenters. The summed E-state index contributed by atoms with van der Waals surface area (Å²) < 4.78 is 5.03. The van der Waals surface area contributed by atoms with Gasteiger partial charge in [0.1, 0.15) is 5.92 Å². The molecular weight excluding hydrogens is 322 g/mol. The Morgan fingerprint density at radius 3 is 2.58 bits per heavy atom. The minimum atomic E-state index is -0.517. The average molecular weight is 345 g/mol. The first-order chi connectivity index (χ1) is 11.2. The number of Topliss-reactive ketones (excluding diaryl/α,β-unsaturated/α-hetero) is 1. The maximum atomic E-state index is 12.9. The highest BCUT2D eigenvalue weighted by Gasteiger charge is 2.46. The summed E-state index contributed by atoms with van der Waals surface area (Å²) in [6.45, 7) is 8.09. The molecule has 0 spiro atoms. The number of aliphatic imine (C=N–C) groups is 1. The average Bonchev–Trinajstić information content (AvgIpc) is 2.90. The Labute approximate surface area is 146 Å². The third-order valence-corrected chi connectivity index (χ3v) is 5.91. The molecule has 24 heavy (non-hydrogen) atoms. The highest BCUT2D eigenvalue weighted by Crippen LogP contribution is 2.48. The van der Waals surface area contributed by atoms with Gasteiger partial charge in [0.25, 0.3) is 0 Å². The van der Waals surface area contributed by atoms with Crippen LogP contribution in [0.15, 0.2) is 28.4 Å². The lowest BCUT2D eigenvalue weighted by molar-refractivity contribution is -0.143. The summed E-state index contributed by atoms with van der Waals surface area (Å²) in [5.41, 5.74) is 2.22. The van der Waals surface area contributed by atoms with Crippen molar-refractivity contribution in [3.8, 4) is 0 Å². The van der Waals surface area contributed by atoms with Crippen molar-refractivity contribution >= 4 is 28.8 Å². The van der Waals surface area contributed by atoms with E-state index >= 15 is 0 Å². The first-order valence-corrected chi connectivity index (χ1v) is 9.01. The van der Waals surface area contributed by atoms with Crippen LogP contribution in [-0.2, 0) is 14.3 Å². The minimum absolute atomic E-state index is 0.0896. The third kappa shape index (κ3) is 2.86. The summed E-state index contributed by atoms with van der Waals surface area (Å²) in [7, 11) is 1.39. The quantitative estimate of drug-likeness (QED) is 0.760. The van der Waals surface area contributed by atoms with Crippen LogP contribution in [0.25, 0.3) is 0 Å². The number of aryl methyl sites for hydroxylation is 1. The Balaban J connectivity index is 2.18. The largest absolute Gasteiger partial charge is 0.468 e. The molecule has 2 heterocycles. The monoisotopic (exact) mass is 345 g/mol. The normalized spacial score (nSPS) is 26.0. The highest BCUT2D eigenvalue weighted by molar-refractivity contribution is 7.12. The van der Waals surface area contributed by atoms with Crippen LogP contribution in [-0.4, -0.2) is 24.6 Å². The summed E-state index contributed by atoms with van der Waals surface area (Å²) in [5, 5.41) is 0. The van der Waals surface area contributed by atoms with E-state index in [1.807, 2.05) is 26.0 Å². The van der Waals surface area contributed by atoms with Crippen molar-refractivity contribution in [3.05, 3.63) is 33.2 Å². The molecule has 0 saturated carbocycles. The van der Waals surface area contributed by atoms with Gasteiger partial charge in [-0.15, -0.1) is 11.3 Å². The molecule has 0 radical (unpaired) electrons. The lowest BCUT2D eigenvalue weighted by Gasteiger charge is -2.38. The van der Waals surface area contributed by atoms with Gasteiger partial charge in [-0.05, 0) is 37.8 Å². The van der Waals surface area contributed by atoms with Gasteiger partial charge in [-0.3, -0.25) is 14.6 Å². The lowest BCUT2D eigenvalue weighted by atomic mass is 9.68. The zero-order valence-corrected chi connectivity index (χ0v) is 15.6. The van der Waals surface area contributed by atoms with Gasteiger partial charge in [-0.2, -0.15) is 0 Å². The van der Waals surface area contributed by atoms with Crippen LogP contribution >= 0.6 is 11.3 Å². The lowest BCUT2D eigenvalue weighted by Crippen LogP contribution is -2.39. The maximum absolute atomic E-state index is 12.9. The van der Waals surface area contributed by atoms with Crippen molar-refractivity contribution in [1.29, 1.82) is 0 Å². The number of methoxy groups -OCH3 is 1. The molecule has 0 saturated heterocycles. The van der Waals surface area contributed by atoms with Crippen molar-refractivity contribution in [2.45, 2.75) is 46.5 Å². The van der Waals surface area contributed by atoms with Crippen molar-refractivity contribution in [1.82, 2.24) is 0 Å². The number of allylic oxidation sites excluding steroid dienone is 2. The third-order valence-electron chi connectivity index (χ3n) is 4.82. The van der Waals surface area contributed by atoms with Crippen LogP contribution in [0.1, 0.15) is 49.3 Å². The van der Waals surface area contributed by atoms with E-state index in [0.717, 1.165) is 28.3 Å². The Morgan fingerprint density at radius 2 is 2.00 bits per heavy atom. The van der Waals surface area contributed by atoms with Crippen LogP contribution in [0, 0.1) is 18.3 Å². The highest BCUT2D eigenvalue weighted by atomic mass is 32.1. The second-order valence-corrected chi connectivity index (χ2v) is 8.80. The van der Waals surface area contributed by atoms with E-state index in [1.165, 1.54) is 12.0 Å². The summed E-state index contributed by atoms with van der Waals surface area (Å²) >= 11 is 1.64. The molecule has 128 valence electrons. The zero-order chi connectivity index (χ0) is 17.6. The number of nitrogens with zero attached hydrogens (tertiary/aromatic N) is 1. The summed E-state index contributed by atoms with van der Waals surface area (Å²) in [6.07, 6.45) is 1.26. The number of carbonyl (C=O) groups is 2. The number of rotatable bonds is 2. The number of thiophene rings is 1. The van der Waals surface area contributed by atoms with E-state index in [2.05, 4.69) is 18.8 Å². The standard InChI is InChI=1S/C19H23NO3S/c1-10-6-7-14(24-10)17-15(18(22)23-5)11(2)20-12-8-19(3,4)9-13(21)16(12)17/h6-7,15,17H,8-9H2,1-5H3/t15-,17+/m1/s1. The van der Waals surface area contributed by atoms with Gasteiger partial charge in [-0.25, -0.2) is 0 Å². The Bertz CT molecular complexity index is 769. The predicted octanol–water partition coefficient (Wildman–Crippen LogP) is 4.05. The zero-order valence-electron chi connectivity index (χ0n) is 14.8. The molecular formula is C19H23NO3S. The fourth-order valence-corrected chi connectivity index (χ4v) is 4.83. The van der Waals surface area contributed by atoms with Gasteiger partial charge in [0, 0.05) is 39.1 Å². The predicted molar refractivity (Wildman–Crippen MR) is 95.5 cm³/mol. The van der Waals surface area contributed by atoms with Gasteiger partial charge >= 0.3 is 5.97 Å². The first kappa shape index (κ1) is 17.1. The van der Waals surface area contributed by atoms with Crippen molar-refractivity contribution in [2.24, 2.45) is 16.3 Å². The van der Waals surface area contributed by atoms with Gasteiger partial charge in [0.2, 0.25) is 0 Å². The van der Waals surface area contributed by atoms with Crippen molar-refractivity contribution in [2.75, 3.05) is 7.11 Å². The van der Waals surface area contributed by atoms with E-state index < -0.39 is 5.92 Å². The summed E-state index contributed by atoms with van der Waals surface area (Å²) in [5.74, 6) is -0.997. The second kappa shape index (κ2) is 5.96. The van der Waals surface area contributed by atoms with E-state index in [0.29, 0.717) is 6.42 Å². The fourth-order valence-electron chi connectivity index (χ4n) is 3.81. The summed E-state index contributed by atoms with van der Waals surface area (Å²) in [4.78, 5) is 32.2. The smallest absolute Gasteiger partial charge is 0.315 e. The maximum Gasteiger partial charge on any atom is 0.315 e. The Morgan fingerprint density at radius 1 is 1.29 bits per heavy atom. The number of esters is 1. The van der Waals surface area contributed by atoms with Crippen molar-refractivity contribution in [3.63, 3.8) is 0 Å². The molecule has 0 bridgehead atoms. The molecule has 2 aliphatic rings. The number of hydrogen-bond donors (Lipinski definition) is 0. The molecule has 1 aliphatic heterocycles. The molecule has 4 nitrogen and oxygen atoms in total. The SMILES string of the molecule is COC(=O)[C@@H]1C(C)=NC2=C(C(=O)CC(C)(C)C2)[C@H]1c1ccc(C)s1. The minimum Gasteiger partial charge on any atom is -0.468 e. The van der Waals surface area contributed by atoms with Crippen LogP contribution < -0.4 is 0 Å². The van der Waals surface area contributed by atoms with Gasteiger partial charge in [0.05, 0.1) is 7.11 Å².